The molecule has 1 aromatic rings. The molecule has 0 saturated carbocycles. The van der Waals surface area contributed by atoms with Crippen LogP contribution >= 0.6 is 0 Å². The van der Waals surface area contributed by atoms with E-state index in [0.717, 1.165) is 44.6 Å². The lowest BCUT2D eigenvalue weighted by Crippen LogP contribution is -2.19. The molecule has 0 aromatic heterocycles. The molecule has 3 N–H and O–H groups in total. The van der Waals surface area contributed by atoms with Gasteiger partial charge >= 0.3 is 0 Å². The normalized spacial score (nSPS) is 10.4. The molecule has 0 bridgehead atoms. The first-order chi connectivity index (χ1) is 7.86. The van der Waals surface area contributed by atoms with Crippen LogP contribution in [0.15, 0.2) is 24.3 Å². The highest BCUT2D eigenvalue weighted by Gasteiger charge is 1.95. The predicted octanol–water partition coefficient (Wildman–Crippen LogP) is 1.57. The summed E-state index contributed by atoms with van der Waals surface area (Å²) < 4.78 is 5.18. The summed E-state index contributed by atoms with van der Waals surface area (Å²) in [7, 11) is 1.70. The zero-order valence-corrected chi connectivity index (χ0v) is 10.0. The van der Waals surface area contributed by atoms with Crippen LogP contribution < -0.4 is 15.8 Å². The van der Waals surface area contributed by atoms with E-state index in [1.165, 1.54) is 5.56 Å². The minimum Gasteiger partial charge on any atom is -0.497 e. The molecule has 0 aliphatic heterocycles. The highest BCUT2D eigenvalue weighted by atomic mass is 16.5. The molecule has 90 valence electrons. The Morgan fingerprint density at radius 2 is 2.12 bits per heavy atom. The van der Waals surface area contributed by atoms with Gasteiger partial charge in [0.25, 0.3) is 0 Å². The molecule has 1 aromatic carbocycles. The summed E-state index contributed by atoms with van der Waals surface area (Å²) in [4.78, 5) is 0. The molecule has 0 amide bonds. The summed E-state index contributed by atoms with van der Waals surface area (Å²) >= 11 is 0. The van der Waals surface area contributed by atoms with Crippen LogP contribution in [0.4, 0.5) is 0 Å². The van der Waals surface area contributed by atoms with E-state index in [1.807, 2.05) is 12.1 Å². The van der Waals surface area contributed by atoms with Crippen molar-refractivity contribution >= 4 is 0 Å². The van der Waals surface area contributed by atoms with Crippen molar-refractivity contribution < 1.29 is 4.74 Å². The van der Waals surface area contributed by atoms with E-state index in [2.05, 4.69) is 17.4 Å². The number of rotatable bonds is 8. The van der Waals surface area contributed by atoms with Gasteiger partial charge < -0.3 is 15.8 Å². The van der Waals surface area contributed by atoms with Gasteiger partial charge in [-0.05, 0) is 56.6 Å². The molecule has 0 saturated heterocycles. The van der Waals surface area contributed by atoms with Crippen LogP contribution in [-0.2, 0) is 6.42 Å². The van der Waals surface area contributed by atoms with Gasteiger partial charge in [-0.2, -0.15) is 0 Å². The summed E-state index contributed by atoms with van der Waals surface area (Å²) in [5, 5.41) is 3.41. The number of hydrogen-bond acceptors (Lipinski definition) is 3. The molecule has 0 heterocycles. The highest BCUT2D eigenvalue weighted by molar-refractivity contribution is 5.28. The number of benzene rings is 1. The first-order valence-electron chi connectivity index (χ1n) is 5.90. The van der Waals surface area contributed by atoms with Crippen molar-refractivity contribution in [2.75, 3.05) is 26.7 Å². The minimum absolute atomic E-state index is 0.789. The van der Waals surface area contributed by atoms with E-state index < -0.39 is 0 Å². The second-order valence-electron chi connectivity index (χ2n) is 3.85. The van der Waals surface area contributed by atoms with E-state index in [1.54, 1.807) is 7.11 Å². The summed E-state index contributed by atoms with van der Waals surface area (Å²) in [6, 6.07) is 8.21. The standard InChI is InChI=1S/C13H22N2O/c1-16-13-6-4-5-12(11-13)7-10-15-9-3-2-8-14/h4-6,11,15H,2-3,7-10,14H2,1H3. The lowest BCUT2D eigenvalue weighted by atomic mass is 10.1. The first kappa shape index (κ1) is 13.0. The number of methoxy groups -OCH3 is 1. The number of unbranched alkanes of at least 4 members (excludes halogenated alkanes) is 1. The average molecular weight is 222 g/mol. The fraction of sp³-hybridized carbons (Fsp3) is 0.538. The Morgan fingerprint density at radius 3 is 2.88 bits per heavy atom. The van der Waals surface area contributed by atoms with E-state index in [9.17, 15) is 0 Å². The van der Waals surface area contributed by atoms with E-state index >= 15 is 0 Å². The Hall–Kier alpha value is -1.06. The summed E-state index contributed by atoms with van der Waals surface area (Å²) in [6.07, 6.45) is 3.31. The van der Waals surface area contributed by atoms with Gasteiger partial charge in [0, 0.05) is 0 Å². The summed E-state index contributed by atoms with van der Waals surface area (Å²) in [6.45, 7) is 2.86. The maximum atomic E-state index is 5.42. The van der Waals surface area contributed by atoms with E-state index in [4.69, 9.17) is 10.5 Å². The summed E-state index contributed by atoms with van der Waals surface area (Å²) in [5.74, 6) is 0.931. The third kappa shape index (κ3) is 5.14. The van der Waals surface area contributed by atoms with Crippen LogP contribution in [0.3, 0.4) is 0 Å². The fourth-order valence-corrected chi connectivity index (χ4v) is 1.58. The second kappa shape index (κ2) is 8.13. The molecule has 3 heteroatoms. The SMILES string of the molecule is COc1cccc(CCNCCCCN)c1. The predicted molar refractivity (Wildman–Crippen MR) is 67.9 cm³/mol. The smallest absolute Gasteiger partial charge is 0.119 e. The molecule has 0 unspecified atom stereocenters. The van der Waals surface area contributed by atoms with Gasteiger partial charge in [0.15, 0.2) is 0 Å². The van der Waals surface area contributed by atoms with Crippen molar-refractivity contribution in [3.8, 4) is 5.75 Å². The Kier molecular flexibility index (Phi) is 6.61. The molecule has 16 heavy (non-hydrogen) atoms. The number of nitrogens with two attached hydrogens (primary N) is 1. The third-order valence-electron chi connectivity index (χ3n) is 2.53. The molecule has 0 radical (unpaired) electrons. The van der Waals surface area contributed by atoms with Crippen LogP contribution in [0.25, 0.3) is 0 Å². The Labute approximate surface area is 98.0 Å². The lowest BCUT2D eigenvalue weighted by Gasteiger charge is -2.06. The van der Waals surface area contributed by atoms with Crippen LogP contribution in [-0.4, -0.2) is 26.7 Å². The lowest BCUT2D eigenvalue weighted by molar-refractivity contribution is 0.414. The minimum atomic E-state index is 0.789. The van der Waals surface area contributed by atoms with Crippen molar-refractivity contribution in [2.24, 2.45) is 5.73 Å². The topological polar surface area (TPSA) is 47.3 Å². The molecule has 1 rings (SSSR count). The van der Waals surface area contributed by atoms with Crippen molar-refractivity contribution in [3.05, 3.63) is 29.8 Å². The van der Waals surface area contributed by atoms with Gasteiger partial charge in [-0.25, -0.2) is 0 Å². The quantitative estimate of drug-likeness (QED) is 0.656. The maximum absolute atomic E-state index is 5.42. The fourth-order valence-electron chi connectivity index (χ4n) is 1.58. The number of nitrogens with one attached hydrogen (secondary N) is 1. The maximum Gasteiger partial charge on any atom is 0.119 e. The zero-order chi connectivity index (χ0) is 11.6. The van der Waals surface area contributed by atoms with Crippen molar-refractivity contribution in [2.45, 2.75) is 19.3 Å². The Morgan fingerprint density at radius 1 is 1.25 bits per heavy atom. The molecule has 0 fully saturated rings. The Balaban J connectivity index is 2.16. The molecule has 3 nitrogen and oxygen atoms in total. The third-order valence-corrected chi connectivity index (χ3v) is 2.53. The summed E-state index contributed by atoms with van der Waals surface area (Å²) in [5.41, 5.74) is 6.74. The number of hydrogen-bond donors (Lipinski definition) is 2. The van der Waals surface area contributed by atoms with E-state index in [-0.39, 0.29) is 0 Å². The van der Waals surface area contributed by atoms with Crippen LogP contribution in [0.2, 0.25) is 0 Å². The Bertz CT molecular complexity index is 289. The molecule has 0 atom stereocenters. The number of ether oxygens (including phenoxy) is 1. The zero-order valence-electron chi connectivity index (χ0n) is 10.0. The molecule has 0 aliphatic carbocycles. The van der Waals surface area contributed by atoms with Gasteiger partial charge in [0.05, 0.1) is 7.11 Å². The van der Waals surface area contributed by atoms with Crippen LogP contribution in [0.5, 0.6) is 5.75 Å². The van der Waals surface area contributed by atoms with Crippen LogP contribution in [0.1, 0.15) is 18.4 Å². The molecule has 0 aliphatic rings. The van der Waals surface area contributed by atoms with Crippen molar-refractivity contribution in [1.29, 1.82) is 0 Å². The van der Waals surface area contributed by atoms with Crippen LogP contribution in [0, 0.1) is 0 Å². The molecule has 0 spiro atoms. The average Bonchev–Trinajstić information content (AvgIpc) is 2.34. The monoisotopic (exact) mass is 222 g/mol. The molecular formula is C13H22N2O. The van der Waals surface area contributed by atoms with Gasteiger partial charge in [0.1, 0.15) is 5.75 Å². The van der Waals surface area contributed by atoms with Crippen molar-refractivity contribution in [3.63, 3.8) is 0 Å². The second-order valence-corrected chi connectivity index (χ2v) is 3.85. The van der Waals surface area contributed by atoms with Gasteiger partial charge in [-0.15, -0.1) is 0 Å². The molecular weight excluding hydrogens is 200 g/mol. The largest absolute Gasteiger partial charge is 0.497 e. The van der Waals surface area contributed by atoms with E-state index in [0.29, 0.717) is 0 Å². The highest BCUT2D eigenvalue weighted by Crippen LogP contribution is 2.12. The van der Waals surface area contributed by atoms with Gasteiger partial charge in [0.2, 0.25) is 0 Å². The van der Waals surface area contributed by atoms with Crippen molar-refractivity contribution in [1.82, 2.24) is 5.32 Å². The van der Waals surface area contributed by atoms with Gasteiger partial charge in [-0.1, -0.05) is 12.1 Å². The first-order valence-corrected chi connectivity index (χ1v) is 5.90. The van der Waals surface area contributed by atoms with Gasteiger partial charge in [-0.3, -0.25) is 0 Å².